The lowest BCUT2D eigenvalue weighted by Crippen LogP contribution is -2.27. The average molecular weight is 362 g/mol. The number of thioether (sulfide) groups is 1. The summed E-state index contributed by atoms with van der Waals surface area (Å²) in [6, 6.07) is 8.27. The summed E-state index contributed by atoms with van der Waals surface area (Å²) in [6.07, 6.45) is 0. The van der Waals surface area contributed by atoms with Gasteiger partial charge in [-0.15, -0.1) is 11.8 Å². The molecule has 0 saturated heterocycles. The molecule has 1 heterocycles. The number of nitrogens with one attached hydrogen (secondary N) is 1. The summed E-state index contributed by atoms with van der Waals surface area (Å²) in [7, 11) is 0. The van der Waals surface area contributed by atoms with Crippen molar-refractivity contribution in [3.05, 3.63) is 47.1 Å². The third-order valence-corrected chi connectivity index (χ3v) is 4.85. The molecule has 0 unspecified atom stereocenters. The summed E-state index contributed by atoms with van der Waals surface area (Å²) < 4.78 is 4.91. The largest absolute Gasteiger partial charge is 0.351 e. The molecule has 136 valence electrons. The lowest BCUT2D eigenvalue weighted by atomic mass is 10.1. The van der Waals surface area contributed by atoms with Gasteiger partial charge in [-0.3, -0.25) is 9.69 Å². The summed E-state index contributed by atoms with van der Waals surface area (Å²) in [5.41, 5.74) is 2.43. The fourth-order valence-electron chi connectivity index (χ4n) is 2.45. The third-order valence-electron chi connectivity index (χ3n) is 3.92. The number of carbonyl (C=O) groups excluding carboxylic acids is 1. The Balaban J connectivity index is 1.79. The van der Waals surface area contributed by atoms with Crippen LogP contribution in [-0.4, -0.2) is 39.8 Å². The summed E-state index contributed by atoms with van der Waals surface area (Å²) in [6.45, 7) is 9.58. The first-order chi connectivity index (χ1) is 12.1. The van der Waals surface area contributed by atoms with E-state index in [9.17, 15) is 4.79 Å². The molecular weight excluding hydrogens is 336 g/mol. The minimum absolute atomic E-state index is 0.0165. The molecule has 0 saturated carbocycles. The van der Waals surface area contributed by atoms with E-state index in [4.69, 9.17) is 4.52 Å². The molecule has 0 aliphatic heterocycles. The van der Waals surface area contributed by atoms with Crippen LogP contribution in [0.25, 0.3) is 0 Å². The van der Waals surface area contributed by atoms with Crippen molar-refractivity contribution in [3.8, 4) is 0 Å². The smallest absolute Gasteiger partial charge is 0.230 e. The van der Waals surface area contributed by atoms with Crippen LogP contribution in [0.1, 0.15) is 36.7 Å². The maximum atomic E-state index is 12.1. The van der Waals surface area contributed by atoms with E-state index in [-0.39, 0.29) is 5.91 Å². The summed E-state index contributed by atoms with van der Waals surface area (Å²) in [4.78, 5) is 18.5. The number of hydrogen-bond donors (Lipinski definition) is 1. The Labute approximate surface area is 153 Å². The molecular formula is C18H26N4O2S. The van der Waals surface area contributed by atoms with E-state index in [2.05, 4.69) is 46.3 Å². The van der Waals surface area contributed by atoms with Crippen molar-refractivity contribution in [3.63, 3.8) is 0 Å². The van der Waals surface area contributed by atoms with Gasteiger partial charge >= 0.3 is 0 Å². The number of benzene rings is 1. The van der Waals surface area contributed by atoms with Crippen LogP contribution in [0.3, 0.4) is 0 Å². The topological polar surface area (TPSA) is 71.3 Å². The lowest BCUT2D eigenvalue weighted by molar-refractivity contribution is -0.118. The van der Waals surface area contributed by atoms with Gasteiger partial charge in [0.1, 0.15) is 0 Å². The van der Waals surface area contributed by atoms with Gasteiger partial charge in [-0.1, -0.05) is 43.3 Å². The molecule has 0 bridgehead atoms. The maximum Gasteiger partial charge on any atom is 0.230 e. The van der Waals surface area contributed by atoms with Gasteiger partial charge in [-0.2, -0.15) is 4.98 Å². The Morgan fingerprint density at radius 2 is 1.96 bits per heavy atom. The van der Waals surface area contributed by atoms with Crippen molar-refractivity contribution in [2.75, 3.05) is 18.8 Å². The predicted octanol–water partition coefficient (Wildman–Crippen LogP) is 2.77. The molecule has 0 atom stereocenters. The van der Waals surface area contributed by atoms with Gasteiger partial charge in [0.2, 0.25) is 11.8 Å². The number of carbonyl (C=O) groups is 1. The zero-order valence-electron chi connectivity index (χ0n) is 15.1. The fourth-order valence-corrected chi connectivity index (χ4v) is 3.14. The Kier molecular flexibility index (Phi) is 7.94. The second-order valence-corrected chi connectivity index (χ2v) is 6.71. The number of rotatable bonds is 10. The maximum absolute atomic E-state index is 12.1. The molecule has 1 amide bonds. The molecule has 1 N–H and O–H groups in total. The van der Waals surface area contributed by atoms with E-state index in [0.29, 0.717) is 29.8 Å². The zero-order chi connectivity index (χ0) is 18.1. The zero-order valence-corrected chi connectivity index (χ0v) is 15.9. The van der Waals surface area contributed by atoms with Crippen molar-refractivity contribution in [1.29, 1.82) is 0 Å². The van der Waals surface area contributed by atoms with Crippen LogP contribution in [0.2, 0.25) is 0 Å². The first kappa shape index (κ1) is 19.5. The van der Waals surface area contributed by atoms with Crippen molar-refractivity contribution >= 4 is 17.7 Å². The number of hydrogen-bond acceptors (Lipinski definition) is 6. The summed E-state index contributed by atoms with van der Waals surface area (Å²) >= 11 is 1.48. The second-order valence-electron chi connectivity index (χ2n) is 5.73. The van der Waals surface area contributed by atoms with Crippen molar-refractivity contribution in [2.45, 2.75) is 39.6 Å². The lowest BCUT2D eigenvalue weighted by Gasteiger charge is -2.20. The van der Waals surface area contributed by atoms with Gasteiger partial charge in [-0.25, -0.2) is 0 Å². The predicted molar refractivity (Wildman–Crippen MR) is 100 cm³/mol. The highest BCUT2D eigenvalue weighted by molar-refractivity contribution is 7.99. The van der Waals surface area contributed by atoms with Gasteiger partial charge in [0.05, 0.1) is 11.5 Å². The van der Waals surface area contributed by atoms with Gasteiger partial charge in [0, 0.05) is 20.0 Å². The van der Waals surface area contributed by atoms with Crippen LogP contribution in [0.15, 0.2) is 28.8 Å². The van der Waals surface area contributed by atoms with E-state index < -0.39 is 0 Å². The van der Waals surface area contributed by atoms with E-state index >= 15 is 0 Å². The molecule has 7 heteroatoms. The van der Waals surface area contributed by atoms with Gasteiger partial charge in [0.25, 0.3) is 0 Å². The van der Waals surface area contributed by atoms with E-state index in [0.717, 1.165) is 19.6 Å². The number of nitrogens with zero attached hydrogens (tertiary/aromatic N) is 3. The third kappa shape index (κ3) is 6.51. The Hall–Kier alpha value is -1.86. The number of aromatic nitrogens is 2. The highest BCUT2D eigenvalue weighted by Crippen LogP contribution is 2.12. The summed E-state index contributed by atoms with van der Waals surface area (Å²) in [5.74, 6) is 2.14. The fraction of sp³-hybridized carbons (Fsp3) is 0.500. The quantitative estimate of drug-likeness (QED) is 0.701. The van der Waals surface area contributed by atoms with Crippen LogP contribution in [0.4, 0.5) is 0 Å². The minimum Gasteiger partial charge on any atom is -0.351 e. The molecule has 2 rings (SSSR count). The van der Waals surface area contributed by atoms with Crippen molar-refractivity contribution in [1.82, 2.24) is 20.4 Å². The van der Waals surface area contributed by atoms with E-state index in [1.54, 1.807) is 6.92 Å². The normalized spacial score (nSPS) is 11.0. The number of aryl methyl sites for hydroxylation is 1. The standard InChI is InChI=1S/C18H26N4O2S/c1-4-22(5-2)11-16-9-7-6-8-15(16)10-19-18(23)13-25-12-17-20-14(3)24-21-17/h6-9H,4-5,10-13H2,1-3H3,(H,19,23). The molecule has 25 heavy (non-hydrogen) atoms. The van der Waals surface area contributed by atoms with Crippen molar-refractivity contribution in [2.24, 2.45) is 0 Å². The molecule has 2 aromatic rings. The molecule has 0 aliphatic carbocycles. The van der Waals surface area contributed by atoms with Crippen LogP contribution in [-0.2, 0) is 23.6 Å². The first-order valence-corrected chi connectivity index (χ1v) is 9.70. The van der Waals surface area contributed by atoms with E-state index in [1.165, 1.54) is 22.9 Å². The van der Waals surface area contributed by atoms with Gasteiger partial charge < -0.3 is 9.84 Å². The molecule has 0 spiro atoms. The van der Waals surface area contributed by atoms with Crippen molar-refractivity contribution < 1.29 is 9.32 Å². The molecule has 0 aliphatic rings. The second kappa shape index (κ2) is 10.2. The van der Waals surface area contributed by atoms with Crippen LogP contribution in [0, 0.1) is 6.92 Å². The van der Waals surface area contributed by atoms with Crippen LogP contribution >= 0.6 is 11.8 Å². The summed E-state index contributed by atoms with van der Waals surface area (Å²) in [5, 5.41) is 6.82. The van der Waals surface area contributed by atoms with Gasteiger partial charge in [-0.05, 0) is 24.2 Å². The SMILES string of the molecule is CCN(CC)Cc1ccccc1CNC(=O)CSCc1noc(C)n1. The van der Waals surface area contributed by atoms with Gasteiger partial charge in [0.15, 0.2) is 5.82 Å². The highest BCUT2D eigenvalue weighted by atomic mass is 32.2. The minimum atomic E-state index is 0.0165. The molecule has 6 nitrogen and oxygen atoms in total. The molecule has 1 aromatic carbocycles. The number of amides is 1. The highest BCUT2D eigenvalue weighted by Gasteiger charge is 2.09. The Bertz CT molecular complexity index is 671. The molecule has 1 aromatic heterocycles. The Morgan fingerprint density at radius 3 is 2.60 bits per heavy atom. The average Bonchev–Trinajstić information content (AvgIpc) is 3.04. The van der Waals surface area contributed by atoms with E-state index in [1.807, 2.05) is 12.1 Å². The van der Waals surface area contributed by atoms with Crippen LogP contribution in [0.5, 0.6) is 0 Å². The first-order valence-electron chi connectivity index (χ1n) is 8.55. The molecule has 0 radical (unpaired) electrons. The van der Waals surface area contributed by atoms with Crippen LogP contribution < -0.4 is 5.32 Å². The molecule has 0 fully saturated rings. The monoisotopic (exact) mass is 362 g/mol. The Morgan fingerprint density at radius 1 is 1.24 bits per heavy atom.